The summed E-state index contributed by atoms with van der Waals surface area (Å²) >= 11 is 6.09. The molecule has 0 bridgehead atoms. The van der Waals surface area contributed by atoms with Gasteiger partial charge in [-0.1, -0.05) is 53.7 Å². The lowest BCUT2D eigenvalue weighted by molar-refractivity contribution is 1.77. The average molecular weight is 205 g/mol. The summed E-state index contributed by atoms with van der Waals surface area (Å²) in [7, 11) is 0.822. The van der Waals surface area contributed by atoms with Crippen LogP contribution in [0, 0.1) is 0 Å². The van der Waals surface area contributed by atoms with Crippen LogP contribution >= 0.6 is 11.6 Å². The van der Waals surface area contributed by atoms with Crippen LogP contribution in [0.25, 0.3) is 10.8 Å². The van der Waals surface area contributed by atoms with Gasteiger partial charge in [0.1, 0.15) is 0 Å². The number of benzene rings is 2. The van der Waals surface area contributed by atoms with Gasteiger partial charge < -0.3 is 0 Å². The van der Waals surface area contributed by atoms with E-state index in [0.29, 0.717) is 0 Å². The minimum absolute atomic E-state index is 0.822. The van der Waals surface area contributed by atoms with Crippen molar-refractivity contribution in [2.24, 2.45) is 0 Å². The standard InChI is InChI=1S/C11H9ClSi/c1-13-11-7-6-10(12)8-4-2-3-5-9(8)11/h2-7H,1H3. The van der Waals surface area contributed by atoms with Crippen molar-refractivity contribution in [2.75, 3.05) is 0 Å². The Kier molecular flexibility index (Phi) is 2.38. The average Bonchev–Trinajstić information content (AvgIpc) is 2.19. The van der Waals surface area contributed by atoms with E-state index < -0.39 is 0 Å². The summed E-state index contributed by atoms with van der Waals surface area (Å²) in [5.74, 6) is 0. The van der Waals surface area contributed by atoms with Gasteiger partial charge in [0.05, 0.1) is 9.52 Å². The van der Waals surface area contributed by atoms with Gasteiger partial charge in [0.15, 0.2) is 0 Å². The van der Waals surface area contributed by atoms with Crippen LogP contribution in [0.2, 0.25) is 11.6 Å². The van der Waals surface area contributed by atoms with Gasteiger partial charge in [-0.15, -0.1) is 0 Å². The Morgan fingerprint density at radius 1 is 1.00 bits per heavy atom. The summed E-state index contributed by atoms with van der Waals surface area (Å²) in [6.45, 7) is 2.19. The summed E-state index contributed by atoms with van der Waals surface area (Å²) in [4.78, 5) is 0. The fourth-order valence-electron chi connectivity index (χ4n) is 1.48. The zero-order valence-electron chi connectivity index (χ0n) is 7.34. The maximum Gasteiger partial charge on any atom is 0.0781 e. The van der Waals surface area contributed by atoms with Gasteiger partial charge in [-0.25, -0.2) is 0 Å². The zero-order chi connectivity index (χ0) is 9.26. The molecule has 0 aromatic heterocycles. The van der Waals surface area contributed by atoms with E-state index in [4.69, 9.17) is 11.6 Å². The van der Waals surface area contributed by atoms with Crippen molar-refractivity contribution < 1.29 is 0 Å². The normalized spacial score (nSPS) is 10.6. The van der Waals surface area contributed by atoms with Crippen LogP contribution < -0.4 is 5.19 Å². The highest BCUT2D eigenvalue weighted by Crippen LogP contribution is 2.20. The van der Waals surface area contributed by atoms with E-state index in [-0.39, 0.29) is 0 Å². The third-order valence-corrected chi connectivity index (χ3v) is 3.44. The first kappa shape index (κ1) is 8.79. The summed E-state index contributed by atoms with van der Waals surface area (Å²) in [5, 5.41) is 4.68. The number of halogens is 1. The predicted octanol–water partition coefficient (Wildman–Crippen LogP) is 2.87. The molecule has 0 amide bonds. The molecule has 2 aromatic carbocycles. The van der Waals surface area contributed by atoms with Crippen molar-refractivity contribution in [3.8, 4) is 0 Å². The van der Waals surface area contributed by atoms with E-state index in [2.05, 4.69) is 30.8 Å². The van der Waals surface area contributed by atoms with Gasteiger partial charge >= 0.3 is 0 Å². The molecule has 64 valence electrons. The van der Waals surface area contributed by atoms with Gasteiger partial charge in [-0.3, -0.25) is 0 Å². The maximum atomic E-state index is 6.09. The Morgan fingerprint density at radius 3 is 2.38 bits per heavy atom. The lowest BCUT2D eigenvalue weighted by Crippen LogP contribution is -2.11. The Balaban J connectivity index is 2.84. The fraction of sp³-hybridized carbons (Fsp3) is 0.0909. The number of rotatable bonds is 1. The number of hydrogen-bond acceptors (Lipinski definition) is 0. The van der Waals surface area contributed by atoms with E-state index in [1.165, 1.54) is 10.6 Å². The molecule has 0 fully saturated rings. The first-order valence-electron chi connectivity index (χ1n) is 4.18. The zero-order valence-corrected chi connectivity index (χ0v) is 9.10. The molecule has 0 aliphatic heterocycles. The smallest absolute Gasteiger partial charge is 0.0781 e. The number of hydrogen-bond donors (Lipinski definition) is 0. The topological polar surface area (TPSA) is 0 Å². The molecule has 0 saturated carbocycles. The molecule has 0 aliphatic carbocycles. The van der Waals surface area contributed by atoms with Crippen LogP contribution in [0.5, 0.6) is 0 Å². The molecule has 0 unspecified atom stereocenters. The van der Waals surface area contributed by atoms with Gasteiger partial charge in [0, 0.05) is 10.4 Å². The molecule has 0 saturated heterocycles. The van der Waals surface area contributed by atoms with Gasteiger partial charge in [0.25, 0.3) is 0 Å². The fourth-order valence-corrected chi connectivity index (χ4v) is 2.45. The minimum Gasteiger partial charge on any atom is -0.0837 e. The summed E-state index contributed by atoms with van der Waals surface area (Å²) in [5.41, 5.74) is 0. The Labute approximate surface area is 85.4 Å². The van der Waals surface area contributed by atoms with Gasteiger partial charge in [-0.2, -0.15) is 0 Å². The van der Waals surface area contributed by atoms with Crippen LogP contribution in [0.4, 0.5) is 0 Å². The highest BCUT2D eigenvalue weighted by Gasteiger charge is 2.01. The van der Waals surface area contributed by atoms with E-state index in [1.807, 2.05) is 12.1 Å². The molecular weight excluding hydrogens is 196 g/mol. The summed E-state index contributed by atoms with van der Waals surface area (Å²) < 4.78 is 0. The minimum atomic E-state index is 0.822. The Morgan fingerprint density at radius 2 is 1.69 bits per heavy atom. The molecule has 0 heterocycles. The predicted molar refractivity (Wildman–Crippen MR) is 60.2 cm³/mol. The van der Waals surface area contributed by atoms with Crippen molar-refractivity contribution in [1.29, 1.82) is 0 Å². The second-order valence-corrected chi connectivity index (χ2v) is 4.34. The molecule has 2 aromatic rings. The largest absolute Gasteiger partial charge is 0.0837 e. The van der Waals surface area contributed by atoms with Crippen LogP contribution in [0.3, 0.4) is 0 Å². The SMILES string of the molecule is C[Si]c1ccc(Cl)c2ccccc12. The van der Waals surface area contributed by atoms with E-state index in [1.54, 1.807) is 0 Å². The molecule has 0 spiro atoms. The molecule has 13 heavy (non-hydrogen) atoms. The Hall–Kier alpha value is -0.793. The van der Waals surface area contributed by atoms with Gasteiger partial charge in [-0.05, 0) is 11.5 Å². The van der Waals surface area contributed by atoms with Crippen LogP contribution in [-0.4, -0.2) is 9.52 Å². The molecule has 0 N–H and O–H groups in total. The van der Waals surface area contributed by atoms with Crippen LogP contribution in [0.1, 0.15) is 0 Å². The highest BCUT2D eigenvalue weighted by atomic mass is 35.5. The van der Waals surface area contributed by atoms with Crippen molar-refractivity contribution in [3.05, 3.63) is 41.4 Å². The molecule has 2 radical (unpaired) electrons. The second-order valence-electron chi connectivity index (χ2n) is 2.89. The van der Waals surface area contributed by atoms with Crippen molar-refractivity contribution in [1.82, 2.24) is 0 Å². The number of fused-ring (bicyclic) bond motifs is 1. The quantitative estimate of drug-likeness (QED) is 0.627. The third-order valence-electron chi connectivity index (χ3n) is 2.14. The first-order chi connectivity index (χ1) is 6.33. The van der Waals surface area contributed by atoms with E-state index in [9.17, 15) is 0 Å². The van der Waals surface area contributed by atoms with E-state index >= 15 is 0 Å². The van der Waals surface area contributed by atoms with Crippen molar-refractivity contribution in [2.45, 2.75) is 6.55 Å². The molecule has 0 nitrogen and oxygen atoms in total. The molecule has 0 aliphatic rings. The monoisotopic (exact) mass is 204 g/mol. The van der Waals surface area contributed by atoms with Crippen LogP contribution in [0.15, 0.2) is 36.4 Å². The second kappa shape index (κ2) is 3.52. The molecule has 2 rings (SSSR count). The summed E-state index contributed by atoms with van der Waals surface area (Å²) in [6.07, 6.45) is 0. The van der Waals surface area contributed by atoms with E-state index in [0.717, 1.165) is 19.9 Å². The van der Waals surface area contributed by atoms with Crippen molar-refractivity contribution >= 4 is 37.1 Å². The summed E-state index contributed by atoms with van der Waals surface area (Å²) in [6, 6.07) is 12.4. The lowest BCUT2D eigenvalue weighted by Gasteiger charge is -2.04. The van der Waals surface area contributed by atoms with Crippen LogP contribution in [-0.2, 0) is 0 Å². The first-order valence-corrected chi connectivity index (χ1v) is 6.05. The lowest BCUT2D eigenvalue weighted by atomic mass is 10.1. The molecule has 0 atom stereocenters. The Bertz CT molecular complexity index is 437. The highest BCUT2D eigenvalue weighted by molar-refractivity contribution is 6.56. The molecule has 2 heteroatoms. The molecular formula is C11H9ClSi. The van der Waals surface area contributed by atoms with Gasteiger partial charge in [0.2, 0.25) is 0 Å². The third kappa shape index (κ3) is 1.50. The van der Waals surface area contributed by atoms with Crippen molar-refractivity contribution in [3.63, 3.8) is 0 Å². The maximum absolute atomic E-state index is 6.09.